The second-order valence-electron chi connectivity index (χ2n) is 12.6. The van der Waals surface area contributed by atoms with E-state index in [9.17, 15) is 19.2 Å². The highest BCUT2D eigenvalue weighted by atomic mass is 16.8. The summed E-state index contributed by atoms with van der Waals surface area (Å²) in [6.45, 7) is 12.1. The van der Waals surface area contributed by atoms with E-state index in [1.165, 1.54) is 14.0 Å². The largest absolute Gasteiger partial charge is 0.509 e. The molecule has 11 nitrogen and oxygen atoms in total. The number of esters is 1. The first-order chi connectivity index (χ1) is 19.1. The molecule has 3 rings (SSSR count). The quantitative estimate of drug-likeness (QED) is 0.347. The number of cyclic esters (lactones) is 1. The number of Topliss-reactive ketones (excluding diaryl/α,β-unsaturated/α-hetero) is 2. The van der Waals surface area contributed by atoms with Gasteiger partial charge in [0, 0.05) is 31.9 Å². The van der Waals surface area contributed by atoms with Crippen molar-refractivity contribution in [3.8, 4) is 0 Å². The van der Waals surface area contributed by atoms with E-state index in [1.807, 2.05) is 21.0 Å². The molecule has 3 fully saturated rings. The third-order valence-corrected chi connectivity index (χ3v) is 9.42. The first-order valence-electron chi connectivity index (χ1n) is 14.8. The first kappa shape index (κ1) is 33.4. The lowest BCUT2D eigenvalue weighted by atomic mass is 9.77. The summed E-state index contributed by atoms with van der Waals surface area (Å²) in [7, 11) is 5.53. The Hall–Kier alpha value is -2.08. The minimum Gasteiger partial charge on any atom is -0.457 e. The fourth-order valence-electron chi connectivity index (χ4n) is 6.50. The van der Waals surface area contributed by atoms with Crippen molar-refractivity contribution in [2.24, 2.45) is 17.8 Å². The predicted octanol–water partition coefficient (Wildman–Crippen LogP) is 3.69. The summed E-state index contributed by atoms with van der Waals surface area (Å²) >= 11 is 0. The van der Waals surface area contributed by atoms with E-state index in [4.69, 9.17) is 28.4 Å². The number of hydrogen-bond donors (Lipinski definition) is 0. The van der Waals surface area contributed by atoms with Crippen molar-refractivity contribution >= 4 is 23.7 Å². The molecular formula is C30H49NO10. The third-order valence-electron chi connectivity index (χ3n) is 9.42. The van der Waals surface area contributed by atoms with Gasteiger partial charge in [-0.2, -0.15) is 0 Å². The molecule has 0 aromatic rings. The Labute approximate surface area is 243 Å². The number of ether oxygens (including phenoxy) is 6. The molecule has 0 saturated carbocycles. The summed E-state index contributed by atoms with van der Waals surface area (Å²) in [5.74, 6) is -3.99. The molecule has 0 amide bonds. The van der Waals surface area contributed by atoms with Crippen LogP contribution >= 0.6 is 0 Å². The fraction of sp³-hybridized carbons (Fsp3) is 0.867. The van der Waals surface area contributed by atoms with Crippen LogP contribution in [-0.4, -0.2) is 97.7 Å². The van der Waals surface area contributed by atoms with E-state index < -0.39 is 65.7 Å². The van der Waals surface area contributed by atoms with Crippen LogP contribution in [0.2, 0.25) is 0 Å². The van der Waals surface area contributed by atoms with Crippen LogP contribution in [0, 0.1) is 17.8 Å². The summed E-state index contributed by atoms with van der Waals surface area (Å²) in [6, 6.07) is 0.218. The van der Waals surface area contributed by atoms with Gasteiger partial charge in [0.25, 0.3) is 0 Å². The number of nitrogens with zero attached hydrogens (tertiary/aromatic N) is 1. The second-order valence-corrected chi connectivity index (χ2v) is 12.6. The molecule has 0 spiro atoms. The highest BCUT2D eigenvalue weighted by Crippen LogP contribution is 2.40. The number of methoxy groups -OCH3 is 1. The highest BCUT2D eigenvalue weighted by Gasteiger charge is 2.58. The summed E-state index contributed by atoms with van der Waals surface area (Å²) in [5, 5.41) is 0. The fourth-order valence-corrected chi connectivity index (χ4v) is 6.50. The molecule has 3 heterocycles. The highest BCUT2D eigenvalue weighted by molar-refractivity contribution is 6.00. The Balaban J connectivity index is 2.01. The number of ketones is 2. The Morgan fingerprint density at radius 2 is 1.63 bits per heavy atom. The van der Waals surface area contributed by atoms with Gasteiger partial charge in [0.05, 0.1) is 23.7 Å². The van der Waals surface area contributed by atoms with Gasteiger partial charge in [0.1, 0.15) is 17.8 Å². The van der Waals surface area contributed by atoms with Crippen molar-refractivity contribution in [2.75, 3.05) is 21.2 Å². The van der Waals surface area contributed by atoms with E-state index in [-0.39, 0.29) is 43.0 Å². The summed E-state index contributed by atoms with van der Waals surface area (Å²) < 4.78 is 35.5. The standard InChI is InChI=1S/C30H49NO10/c1-11-22-30(7)26(40-28(35)41-30)17(3)21(32)12-13-29(6,36-10)25(18(4)24(33)19(5)27(34)38-22)39-23-15-20(31(8)9)14-16(2)37-23/h16-20,22-23,25-26H,11-15H2,1-10H3/t16-,17+,18+,19-,20+,22-,23+,25-,26-,29+,30-/m1/s1. The van der Waals surface area contributed by atoms with Crippen LogP contribution in [0.1, 0.15) is 80.6 Å². The van der Waals surface area contributed by atoms with Crippen molar-refractivity contribution in [3.63, 3.8) is 0 Å². The van der Waals surface area contributed by atoms with Crippen molar-refractivity contribution in [2.45, 2.75) is 129 Å². The molecule has 3 aliphatic rings. The number of carbonyl (C=O) groups is 4. The van der Waals surface area contributed by atoms with Gasteiger partial charge in [0.15, 0.2) is 23.8 Å². The monoisotopic (exact) mass is 583 g/mol. The maximum Gasteiger partial charge on any atom is 0.509 e. The van der Waals surface area contributed by atoms with Gasteiger partial charge in [-0.05, 0) is 61.1 Å². The van der Waals surface area contributed by atoms with Gasteiger partial charge in [-0.1, -0.05) is 20.8 Å². The van der Waals surface area contributed by atoms with Gasteiger partial charge >= 0.3 is 12.1 Å². The zero-order valence-electron chi connectivity index (χ0n) is 26.3. The Bertz CT molecular complexity index is 986. The lowest BCUT2D eigenvalue weighted by molar-refractivity contribution is -0.261. The number of rotatable bonds is 5. The van der Waals surface area contributed by atoms with Crippen LogP contribution < -0.4 is 0 Å². The van der Waals surface area contributed by atoms with Gasteiger partial charge in [-0.3, -0.25) is 14.4 Å². The Kier molecular flexibility index (Phi) is 10.6. The molecule has 11 atom stereocenters. The molecule has 0 bridgehead atoms. The van der Waals surface area contributed by atoms with E-state index in [0.29, 0.717) is 6.42 Å². The average Bonchev–Trinajstić information content (AvgIpc) is 3.24. The van der Waals surface area contributed by atoms with E-state index in [0.717, 1.165) is 6.42 Å². The van der Waals surface area contributed by atoms with Crippen molar-refractivity contribution in [1.29, 1.82) is 0 Å². The zero-order chi connectivity index (χ0) is 30.9. The smallest absolute Gasteiger partial charge is 0.457 e. The van der Waals surface area contributed by atoms with E-state index >= 15 is 0 Å². The lowest BCUT2D eigenvalue weighted by Crippen LogP contribution is -2.56. The van der Waals surface area contributed by atoms with Gasteiger partial charge in [-0.25, -0.2) is 4.79 Å². The SMILES string of the molecule is CC[C@H]1OC(=O)[C@H](C)C(=O)[C@H](C)[C@@H](O[C@H]2C[C@@H](N(C)C)C[C@@H](C)O2)[C@@](C)(OC)CCC(=O)[C@H](C)[C@H]2OC(=O)O[C@@]21C. The van der Waals surface area contributed by atoms with Crippen LogP contribution in [0.15, 0.2) is 0 Å². The maximum atomic E-state index is 13.8. The molecule has 3 aliphatic heterocycles. The first-order valence-corrected chi connectivity index (χ1v) is 14.8. The van der Waals surface area contributed by atoms with Crippen molar-refractivity contribution < 1.29 is 47.6 Å². The van der Waals surface area contributed by atoms with Crippen molar-refractivity contribution in [1.82, 2.24) is 4.90 Å². The van der Waals surface area contributed by atoms with Gasteiger partial charge in [-0.15, -0.1) is 0 Å². The molecule has 41 heavy (non-hydrogen) atoms. The molecule has 0 aliphatic carbocycles. The number of carbonyl (C=O) groups excluding carboxylic acids is 4. The molecule has 3 saturated heterocycles. The second kappa shape index (κ2) is 13.1. The average molecular weight is 584 g/mol. The maximum absolute atomic E-state index is 13.8. The topological polar surface area (TPSA) is 127 Å². The molecular weight excluding hydrogens is 534 g/mol. The van der Waals surface area contributed by atoms with Crippen LogP contribution in [0.25, 0.3) is 0 Å². The molecule has 11 heteroatoms. The lowest BCUT2D eigenvalue weighted by Gasteiger charge is -2.44. The summed E-state index contributed by atoms with van der Waals surface area (Å²) in [5.41, 5.74) is -2.49. The Morgan fingerprint density at radius 3 is 2.22 bits per heavy atom. The van der Waals surface area contributed by atoms with E-state index in [1.54, 1.807) is 34.6 Å². The normalized spacial score (nSPS) is 43.1. The predicted molar refractivity (Wildman–Crippen MR) is 148 cm³/mol. The molecule has 234 valence electrons. The van der Waals surface area contributed by atoms with Gasteiger partial charge in [0.2, 0.25) is 0 Å². The van der Waals surface area contributed by atoms with Gasteiger partial charge < -0.3 is 33.3 Å². The minimum absolute atomic E-state index is 0.0626. The van der Waals surface area contributed by atoms with Crippen LogP contribution in [-0.2, 0) is 42.8 Å². The molecule has 0 aromatic carbocycles. The zero-order valence-corrected chi connectivity index (χ0v) is 26.3. The molecule has 0 radical (unpaired) electrons. The summed E-state index contributed by atoms with van der Waals surface area (Å²) in [6.07, 6.45) is -2.33. The van der Waals surface area contributed by atoms with Crippen LogP contribution in [0.3, 0.4) is 0 Å². The molecule has 0 N–H and O–H groups in total. The van der Waals surface area contributed by atoms with Crippen LogP contribution in [0.4, 0.5) is 4.79 Å². The van der Waals surface area contributed by atoms with Crippen LogP contribution in [0.5, 0.6) is 0 Å². The minimum atomic E-state index is -1.40. The third kappa shape index (κ3) is 6.95. The van der Waals surface area contributed by atoms with Crippen molar-refractivity contribution in [3.05, 3.63) is 0 Å². The van der Waals surface area contributed by atoms with E-state index in [2.05, 4.69) is 4.90 Å². The Morgan fingerprint density at radius 1 is 0.976 bits per heavy atom. The summed E-state index contributed by atoms with van der Waals surface area (Å²) in [4.78, 5) is 55.1. The molecule has 0 aromatic heterocycles. The number of fused-ring (bicyclic) bond motifs is 1. The molecule has 0 unspecified atom stereocenters. The number of hydrogen-bond acceptors (Lipinski definition) is 11.